The normalized spacial score (nSPS) is 14.7. The maximum Gasteiger partial charge on any atom is 0.274 e. The van der Waals surface area contributed by atoms with Crippen LogP contribution in [0.2, 0.25) is 0 Å². The van der Waals surface area contributed by atoms with Crippen LogP contribution in [0, 0.1) is 6.92 Å². The second kappa shape index (κ2) is 6.56. The number of para-hydroxylation sites is 2. The first kappa shape index (κ1) is 14.5. The predicted molar refractivity (Wildman–Crippen MR) is 87.2 cm³/mol. The van der Waals surface area contributed by atoms with Crippen molar-refractivity contribution in [1.29, 1.82) is 0 Å². The topological polar surface area (TPSA) is 58.1 Å². The predicted octanol–water partition coefficient (Wildman–Crippen LogP) is 3.03. The maximum absolute atomic E-state index is 12.4. The van der Waals surface area contributed by atoms with Gasteiger partial charge in [-0.25, -0.2) is 9.97 Å². The number of amides is 1. The van der Waals surface area contributed by atoms with E-state index in [1.165, 1.54) is 19.3 Å². The van der Waals surface area contributed by atoms with Crippen molar-refractivity contribution in [1.82, 2.24) is 9.97 Å². The number of benzene rings is 1. The molecule has 1 saturated heterocycles. The number of nitrogens with zero attached hydrogens (tertiary/aromatic N) is 3. The van der Waals surface area contributed by atoms with Crippen LogP contribution in [0.5, 0.6) is 0 Å². The SMILES string of the molecule is Cc1nccc(C(=O)Nc2ccccc2N2CCCCC2)n1. The summed E-state index contributed by atoms with van der Waals surface area (Å²) in [5.74, 6) is 0.395. The Morgan fingerprint density at radius 2 is 1.91 bits per heavy atom. The van der Waals surface area contributed by atoms with Crippen molar-refractivity contribution in [3.05, 3.63) is 48.0 Å². The van der Waals surface area contributed by atoms with E-state index in [0.717, 1.165) is 24.5 Å². The maximum atomic E-state index is 12.4. The van der Waals surface area contributed by atoms with Gasteiger partial charge in [-0.15, -0.1) is 0 Å². The third-order valence-electron chi connectivity index (χ3n) is 3.86. The van der Waals surface area contributed by atoms with E-state index in [0.29, 0.717) is 11.5 Å². The molecule has 1 fully saturated rings. The molecule has 1 aliphatic rings. The summed E-state index contributed by atoms with van der Waals surface area (Å²) in [7, 11) is 0. The number of aryl methyl sites for hydroxylation is 1. The molecule has 0 saturated carbocycles. The van der Waals surface area contributed by atoms with Crippen LogP contribution in [0.25, 0.3) is 0 Å². The van der Waals surface area contributed by atoms with Gasteiger partial charge in [-0.3, -0.25) is 4.79 Å². The second-order valence-electron chi connectivity index (χ2n) is 5.51. The molecule has 1 aromatic carbocycles. The number of aromatic nitrogens is 2. The highest BCUT2D eigenvalue weighted by molar-refractivity contribution is 6.04. The fraction of sp³-hybridized carbons (Fsp3) is 0.353. The lowest BCUT2D eigenvalue weighted by molar-refractivity contribution is 0.102. The van der Waals surface area contributed by atoms with Gasteiger partial charge in [0.1, 0.15) is 11.5 Å². The minimum Gasteiger partial charge on any atom is -0.370 e. The zero-order valence-electron chi connectivity index (χ0n) is 12.7. The largest absolute Gasteiger partial charge is 0.370 e. The van der Waals surface area contributed by atoms with E-state index in [4.69, 9.17) is 0 Å². The highest BCUT2D eigenvalue weighted by atomic mass is 16.1. The van der Waals surface area contributed by atoms with Crippen molar-refractivity contribution in [2.24, 2.45) is 0 Å². The fourth-order valence-electron chi connectivity index (χ4n) is 2.76. The molecule has 2 aromatic rings. The van der Waals surface area contributed by atoms with Crippen LogP contribution in [0.3, 0.4) is 0 Å². The molecule has 0 atom stereocenters. The Balaban J connectivity index is 1.81. The molecule has 5 nitrogen and oxygen atoms in total. The first-order chi connectivity index (χ1) is 10.7. The fourth-order valence-corrected chi connectivity index (χ4v) is 2.76. The van der Waals surface area contributed by atoms with E-state index < -0.39 is 0 Å². The monoisotopic (exact) mass is 296 g/mol. The Morgan fingerprint density at radius 1 is 1.14 bits per heavy atom. The third-order valence-corrected chi connectivity index (χ3v) is 3.86. The summed E-state index contributed by atoms with van der Waals surface area (Å²) < 4.78 is 0. The number of rotatable bonds is 3. The summed E-state index contributed by atoms with van der Waals surface area (Å²) >= 11 is 0. The van der Waals surface area contributed by atoms with Gasteiger partial charge in [-0.05, 0) is 44.4 Å². The first-order valence-electron chi connectivity index (χ1n) is 7.69. The van der Waals surface area contributed by atoms with Crippen LogP contribution >= 0.6 is 0 Å². The average molecular weight is 296 g/mol. The summed E-state index contributed by atoms with van der Waals surface area (Å²) in [6.07, 6.45) is 5.29. The number of carbonyl (C=O) groups is 1. The van der Waals surface area contributed by atoms with E-state index in [2.05, 4.69) is 26.3 Å². The lowest BCUT2D eigenvalue weighted by atomic mass is 10.1. The van der Waals surface area contributed by atoms with E-state index in [-0.39, 0.29) is 5.91 Å². The molecule has 1 N–H and O–H groups in total. The third kappa shape index (κ3) is 3.24. The van der Waals surface area contributed by atoms with Crippen LogP contribution < -0.4 is 10.2 Å². The van der Waals surface area contributed by atoms with Crippen molar-refractivity contribution < 1.29 is 4.79 Å². The van der Waals surface area contributed by atoms with Crippen molar-refractivity contribution in [2.75, 3.05) is 23.3 Å². The van der Waals surface area contributed by atoms with Gasteiger partial charge >= 0.3 is 0 Å². The number of carbonyl (C=O) groups excluding carboxylic acids is 1. The van der Waals surface area contributed by atoms with Crippen molar-refractivity contribution in [3.63, 3.8) is 0 Å². The highest BCUT2D eigenvalue weighted by Gasteiger charge is 2.16. The molecule has 114 valence electrons. The molecular formula is C17H20N4O. The number of anilines is 2. The Hall–Kier alpha value is -2.43. The molecule has 0 unspecified atom stereocenters. The zero-order valence-corrected chi connectivity index (χ0v) is 12.7. The molecular weight excluding hydrogens is 276 g/mol. The molecule has 22 heavy (non-hydrogen) atoms. The molecule has 1 aliphatic heterocycles. The van der Waals surface area contributed by atoms with Gasteiger partial charge in [-0.2, -0.15) is 0 Å². The molecule has 5 heteroatoms. The van der Waals surface area contributed by atoms with Crippen LogP contribution in [-0.2, 0) is 0 Å². The second-order valence-corrected chi connectivity index (χ2v) is 5.51. The molecule has 0 spiro atoms. The molecule has 0 radical (unpaired) electrons. The molecule has 1 amide bonds. The van der Waals surface area contributed by atoms with E-state index in [9.17, 15) is 4.79 Å². The first-order valence-corrected chi connectivity index (χ1v) is 7.69. The molecule has 1 aromatic heterocycles. The van der Waals surface area contributed by atoms with Crippen molar-refractivity contribution >= 4 is 17.3 Å². The van der Waals surface area contributed by atoms with Crippen LogP contribution in [0.4, 0.5) is 11.4 Å². The molecule has 3 rings (SSSR count). The molecule has 0 bridgehead atoms. The van der Waals surface area contributed by atoms with Gasteiger partial charge in [0.05, 0.1) is 11.4 Å². The number of piperidine rings is 1. The number of nitrogens with one attached hydrogen (secondary N) is 1. The zero-order chi connectivity index (χ0) is 15.4. The van der Waals surface area contributed by atoms with Gasteiger partial charge in [-0.1, -0.05) is 12.1 Å². The number of hydrogen-bond acceptors (Lipinski definition) is 4. The van der Waals surface area contributed by atoms with Gasteiger partial charge in [0.25, 0.3) is 5.91 Å². The average Bonchev–Trinajstić information content (AvgIpc) is 2.56. The Bertz CT molecular complexity index is 665. The Kier molecular flexibility index (Phi) is 4.32. The Labute approximate surface area is 130 Å². The van der Waals surface area contributed by atoms with Gasteiger partial charge in [0.2, 0.25) is 0 Å². The smallest absolute Gasteiger partial charge is 0.274 e. The summed E-state index contributed by atoms with van der Waals surface area (Å²) in [6.45, 7) is 3.86. The van der Waals surface area contributed by atoms with Gasteiger partial charge < -0.3 is 10.2 Å². The summed E-state index contributed by atoms with van der Waals surface area (Å²) in [5, 5.41) is 2.98. The summed E-state index contributed by atoms with van der Waals surface area (Å²) in [4.78, 5) is 22.9. The lowest BCUT2D eigenvalue weighted by Gasteiger charge is -2.30. The minimum atomic E-state index is -0.199. The van der Waals surface area contributed by atoms with E-state index in [1.54, 1.807) is 19.2 Å². The molecule has 2 heterocycles. The quantitative estimate of drug-likeness (QED) is 0.946. The van der Waals surface area contributed by atoms with Gasteiger partial charge in [0.15, 0.2) is 0 Å². The number of hydrogen-bond donors (Lipinski definition) is 1. The Morgan fingerprint density at radius 3 is 2.68 bits per heavy atom. The van der Waals surface area contributed by atoms with Gasteiger partial charge in [0, 0.05) is 19.3 Å². The highest BCUT2D eigenvalue weighted by Crippen LogP contribution is 2.28. The van der Waals surface area contributed by atoms with Crippen LogP contribution in [0.1, 0.15) is 35.6 Å². The van der Waals surface area contributed by atoms with Crippen LogP contribution in [-0.4, -0.2) is 29.0 Å². The lowest BCUT2D eigenvalue weighted by Crippen LogP contribution is -2.30. The minimum absolute atomic E-state index is 0.199. The summed E-state index contributed by atoms with van der Waals surface area (Å²) in [6, 6.07) is 9.58. The standard InChI is InChI=1S/C17H20N4O/c1-13-18-10-9-15(19-13)17(22)20-14-7-3-4-8-16(14)21-11-5-2-6-12-21/h3-4,7-10H,2,5-6,11-12H2,1H3,(H,20,22). The van der Waals surface area contributed by atoms with E-state index in [1.807, 2.05) is 18.2 Å². The summed E-state index contributed by atoms with van der Waals surface area (Å²) in [5.41, 5.74) is 2.31. The van der Waals surface area contributed by atoms with Crippen LogP contribution in [0.15, 0.2) is 36.5 Å². The van der Waals surface area contributed by atoms with Crippen molar-refractivity contribution in [2.45, 2.75) is 26.2 Å². The van der Waals surface area contributed by atoms with Crippen molar-refractivity contribution in [3.8, 4) is 0 Å². The molecule has 0 aliphatic carbocycles. The van der Waals surface area contributed by atoms with E-state index >= 15 is 0 Å².